The van der Waals surface area contributed by atoms with Crippen LogP contribution in [0.2, 0.25) is 0 Å². The number of halogens is 3. The molecule has 6 nitrogen and oxygen atoms in total. The van der Waals surface area contributed by atoms with E-state index in [0.29, 0.717) is 0 Å². The molecule has 0 aliphatic carbocycles. The SMILES string of the molecule is Nc1nc(C(F)(F)F)nc2nncnc12. The van der Waals surface area contributed by atoms with Crippen molar-refractivity contribution in [2.75, 3.05) is 5.73 Å². The summed E-state index contributed by atoms with van der Waals surface area (Å²) in [6.45, 7) is 0. The maximum Gasteiger partial charge on any atom is 0.451 e. The van der Waals surface area contributed by atoms with Gasteiger partial charge >= 0.3 is 6.18 Å². The predicted molar refractivity (Wildman–Crippen MR) is 42.3 cm³/mol. The predicted octanol–water partition coefficient (Wildman–Crippen LogP) is 0.416. The number of rotatable bonds is 0. The average Bonchev–Trinajstić information content (AvgIpc) is 2.16. The maximum absolute atomic E-state index is 12.2. The molecule has 0 aromatic carbocycles. The molecule has 2 rings (SSSR count). The van der Waals surface area contributed by atoms with Gasteiger partial charge in [0.15, 0.2) is 11.3 Å². The van der Waals surface area contributed by atoms with Gasteiger partial charge < -0.3 is 5.73 Å². The molecule has 2 N–H and O–H groups in total. The molecule has 2 aromatic heterocycles. The Kier molecular flexibility index (Phi) is 1.88. The first kappa shape index (κ1) is 9.49. The minimum Gasteiger partial charge on any atom is -0.382 e. The highest BCUT2D eigenvalue weighted by atomic mass is 19.4. The lowest BCUT2D eigenvalue weighted by Gasteiger charge is -2.05. The normalized spacial score (nSPS) is 11.9. The largest absolute Gasteiger partial charge is 0.451 e. The lowest BCUT2D eigenvalue weighted by Crippen LogP contribution is -2.13. The van der Waals surface area contributed by atoms with Crippen LogP contribution in [0.15, 0.2) is 6.33 Å². The van der Waals surface area contributed by atoms with E-state index in [9.17, 15) is 13.2 Å². The minimum atomic E-state index is -4.67. The fourth-order valence-corrected chi connectivity index (χ4v) is 0.944. The first-order valence-electron chi connectivity index (χ1n) is 3.66. The van der Waals surface area contributed by atoms with Gasteiger partial charge in [-0.05, 0) is 0 Å². The second kappa shape index (κ2) is 2.97. The molecule has 78 valence electrons. The van der Waals surface area contributed by atoms with E-state index in [4.69, 9.17) is 5.73 Å². The van der Waals surface area contributed by atoms with Crippen LogP contribution in [0.1, 0.15) is 5.82 Å². The van der Waals surface area contributed by atoms with Gasteiger partial charge in [-0.15, -0.1) is 10.2 Å². The molecule has 15 heavy (non-hydrogen) atoms. The van der Waals surface area contributed by atoms with Gasteiger partial charge in [0.25, 0.3) is 0 Å². The number of alkyl halides is 3. The van der Waals surface area contributed by atoms with Gasteiger partial charge in [0.05, 0.1) is 0 Å². The molecule has 0 atom stereocenters. The molecule has 0 radical (unpaired) electrons. The summed E-state index contributed by atoms with van der Waals surface area (Å²) in [5.41, 5.74) is 4.99. The Balaban J connectivity index is 2.73. The summed E-state index contributed by atoms with van der Waals surface area (Å²) in [7, 11) is 0. The number of aromatic nitrogens is 5. The topological polar surface area (TPSA) is 90.5 Å². The molecule has 0 saturated carbocycles. The monoisotopic (exact) mass is 216 g/mol. The van der Waals surface area contributed by atoms with Gasteiger partial charge in [0, 0.05) is 0 Å². The van der Waals surface area contributed by atoms with E-state index < -0.39 is 12.0 Å². The highest BCUT2D eigenvalue weighted by Gasteiger charge is 2.35. The summed E-state index contributed by atoms with van der Waals surface area (Å²) >= 11 is 0. The number of nitrogens with two attached hydrogens (primary N) is 1. The molecule has 0 bridgehead atoms. The summed E-state index contributed by atoms with van der Waals surface area (Å²) in [6.07, 6.45) is -3.62. The molecule has 2 heterocycles. The number of anilines is 1. The summed E-state index contributed by atoms with van der Waals surface area (Å²) < 4.78 is 36.7. The van der Waals surface area contributed by atoms with Crippen LogP contribution in [-0.2, 0) is 6.18 Å². The van der Waals surface area contributed by atoms with Crippen molar-refractivity contribution in [1.82, 2.24) is 25.1 Å². The Hall–Kier alpha value is -2.06. The van der Waals surface area contributed by atoms with Crippen LogP contribution in [0.3, 0.4) is 0 Å². The Labute approximate surface area is 80.4 Å². The van der Waals surface area contributed by atoms with Crippen molar-refractivity contribution in [3.63, 3.8) is 0 Å². The third kappa shape index (κ3) is 1.63. The van der Waals surface area contributed by atoms with E-state index in [-0.39, 0.29) is 17.0 Å². The van der Waals surface area contributed by atoms with Gasteiger partial charge in [0.2, 0.25) is 11.5 Å². The number of hydrogen-bond donors (Lipinski definition) is 1. The quantitative estimate of drug-likeness (QED) is 0.686. The van der Waals surface area contributed by atoms with Crippen molar-refractivity contribution in [2.24, 2.45) is 0 Å². The molecule has 0 fully saturated rings. The van der Waals surface area contributed by atoms with E-state index >= 15 is 0 Å². The maximum atomic E-state index is 12.2. The fourth-order valence-electron chi connectivity index (χ4n) is 0.944. The zero-order chi connectivity index (χ0) is 11.1. The summed E-state index contributed by atoms with van der Waals surface area (Å²) in [4.78, 5) is 9.85. The minimum absolute atomic E-state index is 0.00185. The van der Waals surface area contributed by atoms with E-state index in [1.165, 1.54) is 0 Å². The van der Waals surface area contributed by atoms with E-state index in [1.807, 2.05) is 0 Å². The zero-order valence-corrected chi connectivity index (χ0v) is 7.02. The smallest absolute Gasteiger partial charge is 0.382 e. The highest BCUT2D eigenvalue weighted by molar-refractivity contribution is 5.79. The van der Waals surface area contributed by atoms with Crippen molar-refractivity contribution < 1.29 is 13.2 Å². The fraction of sp³-hybridized carbons (Fsp3) is 0.167. The number of nitrogens with zero attached hydrogens (tertiary/aromatic N) is 5. The molecular formula is C6H3F3N6. The second-order valence-electron chi connectivity index (χ2n) is 2.56. The van der Waals surface area contributed by atoms with Gasteiger partial charge in [-0.3, -0.25) is 0 Å². The molecule has 0 unspecified atom stereocenters. The van der Waals surface area contributed by atoms with Crippen LogP contribution in [0, 0.1) is 0 Å². The Morgan fingerprint density at radius 1 is 1.20 bits per heavy atom. The molecule has 0 aliphatic heterocycles. The summed E-state index contributed by atoms with van der Waals surface area (Å²) in [5, 5.41) is 6.68. The Morgan fingerprint density at radius 2 is 1.93 bits per heavy atom. The van der Waals surface area contributed by atoms with Crippen molar-refractivity contribution >= 4 is 17.0 Å². The number of nitrogen functional groups attached to an aromatic ring is 1. The van der Waals surface area contributed by atoms with Crippen LogP contribution in [-0.4, -0.2) is 25.1 Å². The van der Waals surface area contributed by atoms with Gasteiger partial charge in [-0.2, -0.15) is 13.2 Å². The molecule has 2 aromatic rings. The third-order valence-corrected chi connectivity index (χ3v) is 1.54. The second-order valence-corrected chi connectivity index (χ2v) is 2.56. The van der Waals surface area contributed by atoms with Gasteiger partial charge in [-0.25, -0.2) is 15.0 Å². The molecule has 0 aliphatic rings. The highest BCUT2D eigenvalue weighted by Crippen LogP contribution is 2.27. The molecular weight excluding hydrogens is 213 g/mol. The lowest BCUT2D eigenvalue weighted by molar-refractivity contribution is -0.144. The average molecular weight is 216 g/mol. The van der Waals surface area contributed by atoms with Crippen molar-refractivity contribution in [3.05, 3.63) is 12.2 Å². The van der Waals surface area contributed by atoms with Gasteiger partial charge in [0.1, 0.15) is 6.33 Å². The van der Waals surface area contributed by atoms with Crippen LogP contribution in [0.5, 0.6) is 0 Å². The van der Waals surface area contributed by atoms with Crippen molar-refractivity contribution in [1.29, 1.82) is 0 Å². The molecule has 9 heteroatoms. The number of fused-ring (bicyclic) bond motifs is 1. The Morgan fingerprint density at radius 3 is 2.60 bits per heavy atom. The van der Waals surface area contributed by atoms with E-state index in [1.54, 1.807) is 0 Å². The molecule has 0 amide bonds. The molecule has 0 spiro atoms. The van der Waals surface area contributed by atoms with Crippen molar-refractivity contribution in [3.8, 4) is 0 Å². The third-order valence-electron chi connectivity index (χ3n) is 1.54. The standard InChI is InChI=1S/C6H3F3N6/c7-6(8,9)5-13-3(10)2-4(14-5)15-12-1-11-2/h1H,(H2,10,13,14,15). The first-order valence-corrected chi connectivity index (χ1v) is 3.66. The van der Waals surface area contributed by atoms with Crippen LogP contribution >= 0.6 is 0 Å². The van der Waals surface area contributed by atoms with Crippen molar-refractivity contribution in [2.45, 2.75) is 6.18 Å². The first-order chi connectivity index (χ1) is 6.98. The number of hydrogen-bond acceptors (Lipinski definition) is 6. The van der Waals surface area contributed by atoms with Gasteiger partial charge in [-0.1, -0.05) is 0 Å². The summed E-state index contributed by atoms with van der Waals surface area (Å²) in [5.74, 6) is -1.72. The van der Waals surface area contributed by atoms with E-state index in [0.717, 1.165) is 6.33 Å². The van der Waals surface area contributed by atoms with Crippen LogP contribution in [0.4, 0.5) is 19.0 Å². The summed E-state index contributed by atoms with van der Waals surface area (Å²) in [6, 6.07) is 0. The Bertz CT molecular complexity index is 510. The van der Waals surface area contributed by atoms with Crippen LogP contribution < -0.4 is 5.73 Å². The molecule has 0 saturated heterocycles. The zero-order valence-electron chi connectivity index (χ0n) is 7.02. The lowest BCUT2D eigenvalue weighted by atomic mass is 10.4. The van der Waals surface area contributed by atoms with Crippen LogP contribution in [0.25, 0.3) is 11.2 Å². The van der Waals surface area contributed by atoms with E-state index in [2.05, 4.69) is 25.1 Å².